The maximum atomic E-state index is 15.6. The molecule has 0 fully saturated rings. The quantitative estimate of drug-likeness (QED) is 0.319. The second-order valence-electron chi connectivity index (χ2n) is 8.33. The van der Waals surface area contributed by atoms with Crippen LogP contribution in [0, 0.1) is 17.5 Å². The number of carbonyl (C=O) groups is 1. The van der Waals surface area contributed by atoms with Crippen molar-refractivity contribution >= 4 is 37.6 Å². The molecular weight excluding hydrogens is 493 g/mol. The molecule has 0 aliphatic carbocycles. The number of H-pyrrole nitrogens is 1. The average molecular weight is 513 g/mol. The van der Waals surface area contributed by atoms with Crippen LogP contribution in [0.5, 0.6) is 0 Å². The number of benzene rings is 3. The Bertz CT molecular complexity index is 1790. The van der Waals surface area contributed by atoms with E-state index < -0.39 is 44.2 Å². The molecule has 0 aliphatic heterocycles. The molecule has 0 amide bonds. The summed E-state index contributed by atoms with van der Waals surface area (Å²) < 4.78 is 73.8. The highest BCUT2D eigenvalue weighted by molar-refractivity contribution is 7.90. The van der Waals surface area contributed by atoms with Crippen LogP contribution in [0.4, 0.5) is 13.2 Å². The van der Waals surface area contributed by atoms with Crippen molar-refractivity contribution in [2.24, 2.45) is 7.05 Å². The molecule has 1 N–H and O–H groups in total. The van der Waals surface area contributed by atoms with Crippen molar-refractivity contribution in [3.8, 4) is 11.1 Å². The number of aromatic nitrogens is 4. The number of hydrogen-bond acceptors (Lipinski definition) is 5. The number of para-hydroxylation sites is 1. The van der Waals surface area contributed by atoms with Crippen LogP contribution in [-0.4, -0.2) is 33.9 Å². The molecule has 5 rings (SSSR count). The summed E-state index contributed by atoms with van der Waals surface area (Å²) in [4.78, 5) is 16.1. The first-order valence-corrected chi connectivity index (χ1v) is 12.6. The average Bonchev–Trinajstić information content (AvgIpc) is 3.46. The van der Waals surface area contributed by atoms with Crippen molar-refractivity contribution in [3.05, 3.63) is 77.5 Å². The Hall–Kier alpha value is -3.99. The van der Waals surface area contributed by atoms with Gasteiger partial charge in [-0.15, -0.1) is 0 Å². The number of aromatic amines is 1. The number of aryl methyl sites for hydroxylation is 1. The van der Waals surface area contributed by atoms with Crippen molar-refractivity contribution in [1.29, 1.82) is 0 Å². The maximum Gasteiger partial charge on any atom is 0.184 e. The number of Topliss-reactive ketones (excluding diaryl/α,β-unsaturated/α-hetero) is 1. The van der Waals surface area contributed by atoms with E-state index in [4.69, 9.17) is 0 Å². The van der Waals surface area contributed by atoms with E-state index in [9.17, 15) is 17.6 Å². The summed E-state index contributed by atoms with van der Waals surface area (Å²) in [5.74, 6) is -4.39. The van der Waals surface area contributed by atoms with Crippen LogP contribution < -0.4 is 0 Å². The van der Waals surface area contributed by atoms with Gasteiger partial charge in [0, 0.05) is 30.0 Å². The molecule has 2 aromatic heterocycles. The summed E-state index contributed by atoms with van der Waals surface area (Å²) in [5.41, 5.74) is -0.829. The zero-order chi connectivity index (χ0) is 25.8. The van der Waals surface area contributed by atoms with Gasteiger partial charge < -0.3 is 4.57 Å². The Morgan fingerprint density at radius 1 is 1.03 bits per heavy atom. The van der Waals surface area contributed by atoms with Crippen molar-refractivity contribution in [2.75, 3.05) is 0 Å². The van der Waals surface area contributed by atoms with Gasteiger partial charge in [0.25, 0.3) is 0 Å². The van der Waals surface area contributed by atoms with Gasteiger partial charge in [-0.05, 0) is 24.3 Å². The third-order valence-electron chi connectivity index (χ3n) is 6.10. The Morgan fingerprint density at radius 2 is 1.81 bits per heavy atom. The van der Waals surface area contributed by atoms with Gasteiger partial charge in [0.15, 0.2) is 21.4 Å². The second kappa shape index (κ2) is 8.59. The molecule has 0 saturated carbocycles. The van der Waals surface area contributed by atoms with E-state index in [-0.39, 0.29) is 44.8 Å². The summed E-state index contributed by atoms with van der Waals surface area (Å²) in [7, 11) is -2.39. The van der Waals surface area contributed by atoms with Crippen molar-refractivity contribution in [3.63, 3.8) is 0 Å². The fourth-order valence-corrected chi connectivity index (χ4v) is 5.77. The predicted octanol–water partition coefficient (Wildman–Crippen LogP) is 5.10. The van der Waals surface area contributed by atoms with E-state index >= 15 is 8.78 Å². The molecule has 2 heterocycles. The van der Waals surface area contributed by atoms with Crippen molar-refractivity contribution < 1.29 is 26.4 Å². The van der Waals surface area contributed by atoms with Crippen molar-refractivity contribution in [1.82, 2.24) is 19.7 Å². The largest absolute Gasteiger partial charge is 0.334 e. The monoisotopic (exact) mass is 512 g/mol. The number of halogens is 3. The van der Waals surface area contributed by atoms with E-state index in [2.05, 4.69) is 15.2 Å². The van der Waals surface area contributed by atoms with Crippen LogP contribution in [0.15, 0.2) is 53.7 Å². The first kappa shape index (κ1) is 23.7. The number of rotatable bonds is 6. The second-order valence-corrected chi connectivity index (χ2v) is 10.3. The predicted molar refractivity (Wildman–Crippen MR) is 128 cm³/mol. The number of sulfone groups is 1. The number of nitrogens with one attached hydrogen (secondary N) is 1. The molecule has 0 aliphatic rings. The van der Waals surface area contributed by atoms with Crippen LogP contribution in [-0.2, 0) is 22.6 Å². The highest BCUT2D eigenvalue weighted by Gasteiger charge is 2.26. The fourth-order valence-electron chi connectivity index (χ4n) is 4.25. The lowest BCUT2D eigenvalue weighted by Crippen LogP contribution is -2.09. The van der Waals surface area contributed by atoms with E-state index in [1.165, 1.54) is 18.5 Å². The topological polar surface area (TPSA) is 97.7 Å². The summed E-state index contributed by atoms with van der Waals surface area (Å²) in [6, 6.07) is 9.03. The summed E-state index contributed by atoms with van der Waals surface area (Å²) in [6.45, 7) is 1.64. The molecule has 184 valence electrons. The number of imidazole rings is 1. The van der Waals surface area contributed by atoms with Gasteiger partial charge >= 0.3 is 0 Å². The van der Waals surface area contributed by atoms with Crippen LogP contribution >= 0.6 is 0 Å². The Kier molecular flexibility index (Phi) is 5.67. The molecule has 0 saturated heterocycles. The summed E-state index contributed by atoms with van der Waals surface area (Å²) in [5, 5.41) is 6.48. The highest BCUT2D eigenvalue weighted by atomic mass is 32.2. The molecule has 0 atom stereocenters. The molecule has 11 heteroatoms. The zero-order valence-corrected chi connectivity index (χ0v) is 20.0. The number of hydrogen-bond donors (Lipinski definition) is 1. The van der Waals surface area contributed by atoms with Gasteiger partial charge in [-0.1, -0.05) is 25.1 Å². The first-order chi connectivity index (χ1) is 17.1. The van der Waals surface area contributed by atoms with Crippen LogP contribution in [0.25, 0.3) is 33.1 Å². The third-order valence-corrected chi connectivity index (χ3v) is 7.79. The minimum absolute atomic E-state index is 0.0943. The SMILES string of the molecule is CCC(=O)c1[nH]nc2c(F)c(-c3c(F)ccc(CS(=O)(=O)c4cccc5c4ncn5C)c3F)ccc12. The number of nitrogens with zero attached hydrogens (tertiary/aromatic N) is 3. The third kappa shape index (κ3) is 3.67. The molecule has 7 nitrogen and oxygen atoms in total. The minimum atomic E-state index is -4.10. The molecule has 5 aromatic rings. The van der Waals surface area contributed by atoms with Crippen molar-refractivity contribution in [2.45, 2.75) is 24.0 Å². The fraction of sp³-hybridized carbons (Fsp3) is 0.160. The van der Waals surface area contributed by atoms with E-state index in [1.807, 2.05) is 0 Å². The molecule has 3 aromatic carbocycles. The molecule has 0 spiro atoms. The van der Waals surface area contributed by atoms with E-state index in [0.717, 1.165) is 18.2 Å². The first-order valence-electron chi connectivity index (χ1n) is 10.9. The molecular formula is C25H19F3N4O3S. The van der Waals surface area contributed by atoms with E-state index in [0.29, 0.717) is 5.52 Å². The maximum absolute atomic E-state index is 15.6. The van der Waals surface area contributed by atoms with Crippen LogP contribution in [0.1, 0.15) is 29.4 Å². The minimum Gasteiger partial charge on any atom is -0.334 e. The highest BCUT2D eigenvalue weighted by Crippen LogP contribution is 2.35. The number of ketones is 1. The van der Waals surface area contributed by atoms with Crippen LogP contribution in [0.3, 0.4) is 0 Å². The zero-order valence-electron chi connectivity index (χ0n) is 19.1. The molecule has 36 heavy (non-hydrogen) atoms. The van der Waals surface area contributed by atoms with Gasteiger partial charge in [-0.25, -0.2) is 26.6 Å². The molecule has 0 unspecified atom stereocenters. The molecule has 0 bridgehead atoms. The van der Waals surface area contributed by atoms with E-state index in [1.54, 1.807) is 30.7 Å². The number of fused-ring (bicyclic) bond motifs is 2. The molecule has 0 radical (unpaired) electrons. The van der Waals surface area contributed by atoms with Gasteiger partial charge in [0.05, 0.1) is 28.1 Å². The summed E-state index contributed by atoms with van der Waals surface area (Å²) >= 11 is 0. The normalized spacial score (nSPS) is 12.0. The van der Waals surface area contributed by atoms with Crippen LogP contribution in [0.2, 0.25) is 0 Å². The smallest absolute Gasteiger partial charge is 0.184 e. The number of carbonyl (C=O) groups excluding carboxylic acids is 1. The van der Waals surface area contributed by atoms with Gasteiger partial charge in [-0.3, -0.25) is 9.89 Å². The Morgan fingerprint density at radius 3 is 2.56 bits per heavy atom. The lowest BCUT2D eigenvalue weighted by Gasteiger charge is -2.12. The van der Waals surface area contributed by atoms with Gasteiger partial charge in [-0.2, -0.15) is 5.10 Å². The Balaban J connectivity index is 1.61. The Labute approximate surface area is 203 Å². The van der Waals surface area contributed by atoms with Gasteiger partial charge in [0.1, 0.15) is 28.4 Å². The van der Waals surface area contributed by atoms with Gasteiger partial charge in [0.2, 0.25) is 0 Å². The lowest BCUT2D eigenvalue weighted by atomic mass is 9.99. The lowest BCUT2D eigenvalue weighted by molar-refractivity contribution is 0.0985. The standard InChI is InChI=1S/C25H19F3N4O3S/c1-3-18(33)23-15-9-8-14(22(28)24(15)31-30-23)20-16(26)10-7-13(21(20)27)11-36(34,35)19-6-4-5-17-25(19)29-12-32(17)2/h4-10,12H,3,11H2,1-2H3,(H,30,31). The summed E-state index contributed by atoms with van der Waals surface area (Å²) in [6.07, 6.45) is 1.63.